The number of amides is 1. The van der Waals surface area contributed by atoms with E-state index in [0.29, 0.717) is 12.2 Å². The fourth-order valence-electron chi connectivity index (χ4n) is 4.52. The third-order valence-corrected chi connectivity index (χ3v) is 6.74. The van der Waals surface area contributed by atoms with Crippen LogP contribution in [-0.4, -0.2) is 41.8 Å². The van der Waals surface area contributed by atoms with Gasteiger partial charge in [-0.15, -0.1) is 11.3 Å². The van der Waals surface area contributed by atoms with Gasteiger partial charge in [0, 0.05) is 36.6 Å². The summed E-state index contributed by atoms with van der Waals surface area (Å²) in [5.41, 5.74) is 1.02. The minimum atomic E-state index is -0.471. The molecular weight excluding hydrogens is 346 g/mol. The number of benzene rings is 1. The number of hydrogen-bond acceptors (Lipinski definition) is 5. The van der Waals surface area contributed by atoms with E-state index >= 15 is 0 Å². The average molecular weight is 369 g/mol. The number of anilines is 1. The van der Waals surface area contributed by atoms with Gasteiger partial charge >= 0.3 is 0 Å². The number of piperidine rings is 1. The zero-order valence-electron chi connectivity index (χ0n) is 14.7. The molecule has 2 N–H and O–H groups in total. The minimum absolute atomic E-state index is 0.00451. The number of hydrogen-bond donors (Lipinski definition) is 2. The Bertz CT molecular complexity index is 814. The van der Waals surface area contributed by atoms with E-state index in [1.165, 1.54) is 4.88 Å². The summed E-state index contributed by atoms with van der Waals surface area (Å²) < 4.78 is 6.32. The summed E-state index contributed by atoms with van der Waals surface area (Å²) in [7, 11) is 0. The van der Waals surface area contributed by atoms with Crippen LogP contribution in [0.15, 0.2) is 41.8 Å². The van der Waals surface area contributed by atoms with Crippen molar-refractivity contribution in [2.24, 2.45) is 0 Å². The van der Waals surface area contributed by atoms with E-state index < -0.39 is 5.66 Å². The van der Waals surface area contributed by atoms with Crippen molar-refractivity contribution in [3.63, 3.8) is 0 Å². The van der Waals surface area contributed by atoms with E-state index in [4.69, 9.17) is 4.74 Å². The van der Waals surface area contributed by atoms with Crippen molar-refractivity contribution >= 4 is 22.9 Å². The molecule has 4 heterocycles. The van der Waals surface area contributed by atoms with Gasteiger partial charge in [0.25, 0.3) is 5.91 Å². The molecule has 5 nitrogen and oxygen atoms in total. The summed E-state index contributed by atoms with van der Waals surface area (Å²) in [5.74, 6) is -0.00451. The molecule has 6 heteroatoms. The molecular formula is C20H23N3O2S. The number of carbonyl (C=O) groups is 1. The van der Waals surface area contributed by atoms with Crippen LogP contribution in [0.2, 0.25) is 0 Å². The lowest BCUT2D eigenvalue weighted by Gasteiger charge is -2.41. The van der Waals surface area contributed by atoms with Gasteiger partial charge in [-0.25, -0.2) is 0 Å². The Hall–Kier alpha value is -1.89. The van der Waals surface area contributed by atoms with Crippen molar-refractivity contribution in [3.8, 4) is 0 Å². The molecule has 2 fully saturated rings. The van der Waals surface area contributed by atoms with Gasteiger partial charge in [0.05, 0.1) is 17.8 Å². The van der Waals surface area contributed by atoms with Gasteiger partial charge in [0.1, 0.15) is 5.66 Å². The molecule has 26 heavy (non-hydrogen) atoms. The van der Waals surface area contributed by atoms with Gasteiger partial charge in [0.2, 0.25) is 0 Å². The van der Waals surface area contributed by atoms with Crippen LogP contribution in [0.1, 0.15) is 34.5 Å². The lowest BCUT2D eigenvalue weighted by Crippen LogP contribution is -2.59. The van der Waals surface area contributed by atoms with Crippen LogP contribution in [0.25, 0.3) is 0 Å². The molecule has 2 spiro atoms. The predicted octanol–water partition coefficient (Wildman–Crippen LogP) is 3.05. The monoisotopic (exact) mass is 369 g/mol. The highest BCUT2D eigenvalue weighted by Crippen LogP contribution is 2.43. The molecule has 0 aliphatic carbocycles. The molecule has 5 rings (SSSR count). The van der Waals surface area contributed by atoms with Crippen LogP contribution < -0.4 is 10.6 Å². The lowest BCUT2D eigenvalue weighted by molar-refractivity contribution is -0.0451. The smallest absolute Gasteiger partial charge is 0.255 e. The van der Waals surface area contributed by atoms with Crippen molar-refractivity contribution in [3.05, 3.63) is 52.2 Å². The number of likely N-dealkylation sites (tertiary alicyclic amines) is 1. The number of carbonyl (C=O) groups excluding carboxylic acids is 1. The maximum atomic E-state index is 12.5. The van der Waals surface area contributed by atoms with Crippen molar-refractivity contribution in [2.45, 2.75) is 37.1 Å². The normalized spacial score (nSPS) is 27.3. The first-order valence-electron chi connectivity index (χ1n) is 9.24. The Morgan fingerprint density at radius 1 is 1.12 bits per heavy atom. The predicted molar refractivity (Wildman–Crippen MR) is 102 cm³/mol. The molecule has 1 atom stereocenters. The second-order valence-electron chi connectivity index (χ2n) is 7.71. The Morgan fingerprint density at radius 2 is 1.96 bits per heavy atom. The van der Waals surface area contributed by atoms with Crippen LogP contribution in [0.4, 0.5) is 5.69 Å². The first kappa shape index (κ1) is 16.3. The molecule has 136 valence electrons. The van der Waals surface area contributed by atoms with Gasteiger partial charge in [-0.2, -0.15) is 0 Å². The fourth-order valence-corrected chi connectivity index (χ4v) is 5.26. The summed E-state index contributed by atoms with van der Waals surface area (Å²) in [6, 6.07) is 12.0. The maximum absolute atomic E-state index is 12.5. The quantitative estimate of drug-likeness (QED) is 0.854. The van der Waals surface area contributed by atoms with Crippen LogP contribution in [0.5, 0.6) is 0 Å². The molecule has 1 amide bonds. The highest BCUT2D eigenvalue weighted by molar-refractivity contribution is 7.09. The molecule has 2 aromatic rings. The number of rotatable bonds is 2. The Balaban J connectivity index is 1.27. The van der Waals surface area contributed by atoms with Gasteiger partial charge < -0.3 is 15.4 Å². The summed E-state index contributed by atoms with van der Waals surface area (Å²) in [4.78, 5) is 16.5. The highest BCUT2D eigenvalue weighted by atomic mass is 32.1. The lowest BCUT2D eigenvalue weighted by atomic mass is 9.84. The average Bonchev–Trinajstić information content (AvgIpc) is 3.26. The van der Waals surface area contributed by atoms with E-state index in [1.807, 2.05) is 35.6 Å². The first-order chi connectivity index (χ1) is 12.7. The number of fused-ring (bicyclic) bond motifs is 1. The van der Waals surface area contributed by atoms with E-state index in [0.717, 1.165) is 44.6 Å². The molecule has 0 saturated carbocycles. The van der Waals surface area contributed by atoms with Crippen LogP contribution >= 0.6 is 11.3 Å². The van der Waals surface area contributed by atoms with Crippen LogP contribution in [-0.2, 0) is 11.3 Å². The molecule has 0 bridgehead atoms. The van der Waals surface area contributed by atoms with Crippen molar-refractivity contribution in [1.29, 1.82) is 0 Å². The summed E-state index contributed by atoms with van der Waals surface area (Å²) >= 11 is 1.82. The van der Waals surface area contributed by atoms with Gasteiger partial charge in [-0.1, -0.05) is 18.2 Å². The topological polar surface area (TPSA) is 53.6 Å². The van der Waals surface area contributed by atoms with Crippen LogP contribution in [0.3, 0.4) is 0 Å². The highest BCUT2D eigenvalue weighted by Gasteiger charge is 2.53. The summed E-state index contributed by atoms with van der Waals surface area (Å²) in [5, 5.41) is 8.87. The number of thiophene rings is 1. The van der Waals surface area contributed by atoms with Crippen molar-refractivity contribution in [2.75, 3.05) is 25.0 Å². The Morgan fingerprint density at radius 3 is 2.77 bits per heavy atom. The molecule has 3 aliphatic heterocycles. The van der Waals surface area contributed by atoms with Crippen molar-refractivity contribution < 1.29 is 9.53 Å². The van der Waals surface area contributed by atoms with E-state index in [9.17, 15) is 4.79 Å². The fraction of sp³-hybridized carbons (Fsp3) is 0.450. The molecule has 0 radical (unpaired) electrons. The second-order valence-corrected chi connectivity index (χ2v) is 8.74. The minimum Gasteiger partial charge on any atom is -0.370 e. The van der Waals surface area contributed by atoms with Crippen LogP contribution in [0, 0.1) is 0 Å². The van der Waals surface area contributed by atoms with Gasteiger partial charge in [-0.05, 0) is 36.4 Å². The number of para-hydroxylation sites is 1. The summed E-state index contributed by atoms with van der Waals surface area (Å²) in [6.45, 7) is 3.64. The molecule has 0 unspecified atom stereocenters. The summed E-state index contributed by atoms with van der Waals surface area (Å²) in [6.07, 6.45) is 2.85. The third kappa shape index (κ3) is 2.82. The molecule has 3 aliphatic rings. The zero-order valence-corrected chi connectivity index (χ0v) is 15.5. The Labute approximate surface area is 157 Å². The molecule has 1 aromatic heterocycles. The Kier molecular flexibility index (Phi) is 3.81. The number of ether oxygens (including phenoxy) is 1. The maximum Gasteiger partial charge on any atom is 0.255 e. The SMILES string of the molecule is O=C1N[C@@]2(COC3(CCN(Cc4cccs4)CC3)C2)Nc2ccccc21. The number of nitrogens with zero attached hydrogens (tertiary/aromatic N) is 1. The largest absolute Gasteiger partial charge is 0.370 e. The zero-order chi connectivity index (χ0) is 17.6. The van der Waals surface area contributed by atoms with E-state index in [2.05, 4.69) is 33.0 Å². The van der Waals surface area contributed by atoms with Crippen molar-refractivity contribution in [1.82, 2.24) is 10.2 Å². The number of nitrogens with one attached hydrogen (secondary N) is 2. The standard InChI is InChI=1S/C20H23N3O2S/c24-18-16-5-1-2-6-17(16)21-20(22-18)13-19(25-14-20)7-9-23(10-8-19)12-15-4-3-11-26-15/h1-6,11,21H,7-10,12-14H2,(H,22,24)/t20-/m0/s1. The van der Waals surface area contributed by atoms with E-state index in [-0.39, 0.29) is 11.5 Å². The molecule has 1 aromatic carbocycles. The molecule has 2 saturated heterocycles. The van der Waals surface area contributed by atoms with Gasteiger partial charge in [-0.3, -0.25) is 9.69 Å². The third-order valence-electron chi connectivity index (χ3n) is 5.87. The van der Waals surface area contributed by atoms with Gasteiger partial charge in [0.15, 0.2) is 0 Å². The van der Waals surface area contributed by atoms with E-state index in [1.54, 1.807) is 0 Å². The second kappa shape index (κ2) is 6.08. The first-order valence-corrected chi connectivity index (χ1v) is 10.1.